The first kappa shape index (κ1) is 22.9. The van der Waals surface area contributed by atoms with Crippen LogP contribution in [0.5, 0.6) is 0 Å². The summed E-state index contributed by atoms with van der Waals surface area (Å²) in [6.07, 6.45) is 6.50. The molecule has 0 amide bonds. The van der Waals surface area contributed by atoms with Crippen LogP contribution in [0, 0.1) is 11.8 Å². The second-order valence-electron chi connectivity index (χ2n) is 9.44. The third-order valence-corrected chi connectivity index (χ3v) is 6.71. The van der Waals surface area contributed by atoms with Gasteiger partial charge in [-0.1, -0.05) is 57.5 Å². The normalized spacial score (nSPS) is 17.3. The molecule has 3 aromatic heterocycles. The number of nitrogens with zero attached hydrogens (tertiary/aromatic N) is 6. The lowest BCUT2D eigenvalue weighted by molar-refractivity contribution is -0.112. The number of hydrogen-bond donors (Lipinski definition) is 1. The van der Waals surface area contributed by atoms with Crippen molar-refractivity contribution in [3.8, 4) is 22.5 Å². The molecule has 2 atom stereocenters. The smallest absolute Gasteiger partial charge is 0.297 e. The molecular formula is C26H29N7O2. The van der Waals surface area contributed by atoms with Gasteiger partial charge in [0, 0.05) is 29.2 Å². The van der Waals surface area contributed by atoms with Crippen LogP contribution in [0.25, 0.3) is 22.5 Å². The van der Waals surface area contributed by atoms with Crippen LogP contribution in [0.2, 0.25) is 0 Å². The topological polar surface area (TPSA) is 111 Å². The van der Waals surface area contributed by atoms with E-state index in [4.69, 9.17) is 0 Å². The molecule has 0 saturated heterocycles. The Morgan fingerprint density at radius 3 is 2.51 bits per heavy atom. The first-order valence-corrected chi connectivity index (χ1v) is 12.1. The molecule has 5 rings (SSSR count). The number of aryl methyl sites for hydroxylation is 1. The number of aromatic amines is 1. The van der Waals surface area contributed by atoms with Crippen molar-refractivity contribution < 1.29 is 4.79 Å². The molecule has 1 aromatic carbocycles. The number of ketones is 1. The maximum Gasteiger partial charge on any atom is 0.329 e. The van der Waals surface area contributed by atoms with Gasteiger partial charge >= 0.3 is 5.69 Å². The van der Waals surface area contributed by atoms with E-state index in [2.05, 4.69) is 32.5 Å². The van der Waals surface area contributed by atoms with Crippen LogP contribution in [0.1, 0.15) is 51.0 Å². The molecule has 1 aliphatic carbocycles. The van der Waals surface area contributed by atoms with Crippen LogP contribution in [0.4, 0.5) is 0 Å². The number of carbonyl (C=O) groups excluding carboxylic acids is 1. The van der Waals surface area contributed by atoms with Crippen molar-refractivity contribution in [3.63, 3.8) is 0 Å². The van der Waals surface area contributed by atoms with Gasteiger partial charge in [-0.3, -0.25) is 18.9 Å². The molecule has 0 bridgehead atoms. The van der Waals surface area contributed by atoms with Crippen molar-refractivity contribution in [1.82, 2.24) is 34.7 Å². The lowest BCUT2D eigenvalue weighted by Crippen LogP contribution is -2.26. The quantitative estimate of drug-likeness (QED) is 0.399. The highest BCUT2D eigenvalue weighted by Gasteiger charge is 2.53. The summed E-state index contributed by atoms with van der Waals surface area (Å²) in [5.41, 5.74) is 4.34. The summed E-state index contributed by atoms with van der Waals surface area (Å²) in [5.74, 6) is 0.835. The van der Waals surface area contributed by atoms with Crippen molar-refractivity contribution in [2.24, 2.45) is 11.8 Å². The fourth-order valence-corrected chi connectivity index (χ4v) is 4.77. The van der Waals surface area contributed by atoms with E-state index in [1.165, 1.54) is 0 Å². The molecule has 4 aromatic rings. The second-order valence-corrected chi connectivity index (χ2v) is 9.44. The predicted octanol–water partition coefficient (Wildman–Crippen LogP) is 3.68. The molecule has 1 saturated carbocycles. The molecule has 3 heterocycles. The average Bonchev–Trinajstić information content (AvgIpc) is 3.18. The standard InChI is InChI=1S/C26H29N7O2/c1-4-5-8-19-15-33(23-22(16(2)3)24(23)34)26(35)32(19)14-18-12-11-17(13-27-18)20-9-6-7-10-21(20)25-28-30-31-29-25/h6-7,9-13,15-16,22-23H,4-5,8,14H2,1-3H3,(H,28,29,30,31). The number of nitrogens with one attached hydrogen (secondary N) is 1. The van der Waals surface area contributed by atoms with Gasteiger partial charge in [-0.15, -0.1) is 10.2 Å². The summed E-state index contributed by atoms with van der Waals surface area (Å²) in [6, 6.07) is 11.4. The molecule has 0 radical (unpaired) electrons. The number of H-pyrrole nitrogens is 1. The summed E-state index contributed by atoms with van der Waals surface area (Å²) >= 11 is 0. The Kier molecular flexibility index (Phi) is 6.15. The zero-order valence-electron chi connectivity index (χ0n) is 20.2. The first-order valence-electron chi connectivity index (χ1n) is 12.1. The van der Waals surface area contributed by atoms with Gasteiger partial charge < -0.3 is 0 Å². The van der Waals surface area contributed by atoms with Gasteiger partial charge in [0.25, 0.3) is 0 Å². The molecule has 180 valence electrons. The number of tetrazole rings is 1. The van der Waals surface area contributed by atoms with Gasteiger partial charge in [-0.25, -0.2) is 4.79 Å². The minimum Gasteiger partial charge on any atom is -0.297 e. The van der Waals surface area contributed by atoms with E-state index >= 15 is 0 Å². The SMILES string of the molecule is CCCCc1cn(C2C(=O)C2C(C)C)c(=O)n1Cc1ccc(-c2ccccc2-c2nn[nH]n2)cn1. The van der Waals surface area contributed by atoms with Gasteiger partial charge in [0.2, 0.25) is 5.82 Å². The Bertz CT molecular complexity index is 1380. The number of imidazole rings is 1. The molecule has 0 spiro atoms. The highest BCUT2D eigenvalue weighted by Crippen LogP contribution is 2.43. The second kappa shape index (κ2) is 9.40. The summed E-state index contributed by atoms with van der Waals surface area (Å²) in [4.78, 5) is 30.4. The van der Waals surface area contributed by atoms with Crippen molar-refractivity contribution in [1.29, 1.82) is 0 Å². The number of pyridine rings is 1. The number of Topliss-reactive ketones (excluding diaryl/α,β-unsaturated/α-hetero) is 1. The van der Waals surface area contributed by atoms with Crippen LogP contribution in [0.3, 0.4) is 0 Å². The molecular weight excluding hydrogens is 442 g/mol. The minimum atomic E-state index is -0.332. The molecule has 1 aliphatic rings. The summed E-state index contributed by atoms with van der Waals surface area (Å²) < 4.78 is 3.42. The third kappa shape index (κ3) is 4.34. The Morgan fingerprint density at radius 1 is 1.09 bits per heavy atom. The van der Waals surface area contributed by atoms with E-state index in [9.17, 15) is 9.59 Å². The van der Waals surface area contributed by atoms with E-state index in [1.54, 1.807) is 15.3 Å². The summed E-state index contributed by atoms with van der Waals surface area (Å²) in [7, 11) is 0. The fourth-order valence-electron chi connectivity index (χ4n) is 4.77. The van der Waals surface area contributed by atoms with Gasteiger partial charge in [-0.2, -0.15) is 5.21 Å². The Hall–Kier alpha value is -3.88. The minimum absolute atomic E-state index is 0.0701. The average molecular weight is 472 g/mol. The highest BCUT2D eigenvalue weighted by molar-refractivity contribution is 6.01. The van der Waals surface area contributed by atoms with Gasteiger partial charge in [0.05, 0.1) is 18.2 Å². The maximum atomic E-state index is 13.3. The van der Waals surface area contributed by atoms with E-state index in [0.717, 1.165) is 47.3 Å². The molecule has 1 N–H and O–H groups in total. The van der Waals surface area contributed by atoms with Crippen LogP contribution < -0.4 is 5.69 Å². The van der Waals surface area contributed by atoms with Crippen LogP contribution in [0.15, 0.2) is 53.6 Å². The summed E-state index contributed by atoms with van der Waals surface area (Å²) in [6.45, 7) is 6.56. The first-order chi connectivity index (χ1) is 17.0. The number of carbonyl (C=O) groups is 1. The van der Waals surface area contributed by atoms with E-state index < -0.39 is 0 Å². The van der Waals surface area contributed by atoms with E-state index in [0.29, 0.717) is 12.4 Å². The van der Waals surface area contributed by atoms with Crippen LogP contribution >= 0.6 is 0 Å². The predicted molar refractivity (Wildman–Crippen MR) is 132 cm³/mol. The summed E-state index contributed by atoms with van der Waals surface area (Å²) in [5, 5.41) is 14.4. The Labute approximate surface area is 203 Å². The van der Waals surface area contributed by atoms with Crippen molar-refractivity contribution in [3.05, 3.63) is 70.7 Å². The molecule has 9 nitrogen and oxygen atoms in total. The lowest BCUT2D eigenvalue weighted by atomic mass is 10.0. The third-order valence-electron chi connectivity index (χ3n) is 6.71. The zero-order chi connectivity index (χ0) is 24.5. The highest BCUT2D eigenvalue weighted by atomic mass is 16.2. The van der Waals surface area contributed by atoms with E-state index in [1.807, 2.05) is 56.4 Å². The fraction of sp³-hybridized carbons (Fsp3) is 0.385. The van der Waals surface area contributed by atoms with Crippen molar-refractivity contribution in [2.75, 3.05) is 0 Å². The largest absolute Gasteiger partial charge is 0.329 e. The Balaban J connectivity index is 1.43. The molecule has 9 heteroatoms. The molecule has 1 fully saturated rings. The van der Waals surface area contributed by atoms with Crippen LogP contribution in [-0.4, -0.2) is 40.5 Å². The van der Waals surface area contributed by atoms with Gasteiger partial charge in [0.15, 0.2) is 5.78 Å². The Morgan fingerprint density at radius 2 is 1.89 bits per heavy atom. The van der Waals surface area contributed by atoms with Gasteiger partial charge in [-0.05, 0) is 35.6 Å². The number of aromatic nitrogens is 7. The van der Waals surface area contributed by atoms with E-state index in [-0.39, 0.29) is 29.4 Å². The van der Waals surface area contributed by atoms with Crippen molar-refractivity contribution >= 4 is 5.78 Å². The maximum absolute atomic E-state index is 13.3. The number of rotatable bonds is 9. The molecule has 0 aliphatic heterocycles. The molecule has 35 heavy (non-hydrogen) atoms. The molecule has 2 unspecified atom stereocenters. The zero-order valence-corrected chi connectivity index (χ0v) is 20.2. The van der Waals surface area contributed by atoms with Crippen LogP contribution in [-0.2, 0) is 17.8 Å². The lowest BCUT2D eigenvalue weighted by Gasteiger charge is -2.09. The monoisotopic (exact) mass is 471 g/mol. The van der Waals surface area contributed by atoms with Crippen molar-refractivity contribution in [2.45, 2.75) is 52.6 Å². The number of benzene rings is 1. The number of unbranched alkanes of at least 4 members (excludes halogenated alkanes) is 1. The number of hydrogen-bond acceptors (Lipinski definition) is 6. The van der Waals surface area contributed by atoms with Gasteiger partial charge in [0.1, 0.15) is 6.04 Å².